The van der Waals surface area contributed by atoms with Crippen molar-refractivity contribution in [1.29, 1.82) is 0 Å². The molecule has 2 atom stereocenters. The topological polar surface area (TPSA) is 89.9 Å². The molecule has 0 spiro atoms. The molecule has 1 aliphatic heterocycles. The van der Waals surface area contributed by atoms with Gasteiger partial charge in [-0.2, -0.15) is 5.10 Å². The Bertz CT molecular complexity index is 910. The number of hydrogen-bond donors (Lipinski definition) is 0. The summed E-state index contributed by atoms with van der Waals surface area (Å²) in [5.41, 5.74) is 2.20. The van der Waals surface area contributed by atoms with Crippen LogP contribution in [0.25, 0.3) is 0 Å². The van der Waals surface area contributed by atoms with Crippen LogP contribution in [-0.2, 0) is 17.8 Å². The molecular formula is C17H18N6O2S. The minimum atomic E-state index is -0.330. The lowest BCUT2D eigenvalue weighted by Crippen LogP contribution is -2.40. The van der Waals surface area contributed by atoms with Gasteiger partial charge < -0.3 is 9.32 Å². The van der Waals surface area contributed by atoms with E-state index in [1.807, 2.05) is 30.0 Å². The zero-order chi connectivity index (χ0) is 18.1. The molecular weight excluding hydrogens is 352 g/mol. The number of rotatable bonds is 5. The second kappa shape index (κ2) is 6.91. The number of amides is 1. The van der Waals surface area contributed by atoms with Crippen LogP contribution in [0.15, 0.2) is 46.6 Å². The molecule has 0 N–H and O–H groups in total. The van der Waals surface area contributed by atoms with Crippen molar-refractivity contribution < 1.29 is 9.21 Å². The van der Waals surface area contributed by atoms with Crippen molar-refractivity contribution in [3.05, 3.63) is 48.4 Å². The van der Waals surface area contributed by atoms with E-state index in [0.29, 0.717) is 17.7 Å². The van der Waals surface area contributed by atoms with Gasteiger partial charge in [0.1, 0.15) is 19.2 Å². The van der Waals surface area contributed by atoms with Gasteiger partial charge in [-0.25, -0.2) is 9.67 Å². The Balaban J connectivity index is 1.44. The van der Waals surface area contributed by atoms with Gasteiger partial charge in [-0.05, 0) is 31.9 Å². The molecule has 0 radical (unpaired) electrons. The number of nitrogens with zero attached hydrogens (tertiary/aromatic N) is 6. The van der Waals surface area contributed by atoms with Crippen LogP contribution >= 0.6 is 11.8 Å². The lowest BCUT2D eigenvalue weighted by atomic mass is 10.1. The third kappa shape index (κ3) is 3.22. The van der Waals surface area contributed by atoms with Gasteiger partial charge >= 0.3 is 0 Å². The highest BCUT2D eigenvalue weighted by Crippen LogP contribution is 2.34. The zero-order valence-electron chi connectivity index (χ0n) is 14.4. The number of benzene rings is 1. The normalized spacial score (nSPS) is 17.3. The minimum Gasteiger partial charge on any atom is -0.414 e. The monoisotopic (exact) mass is 370 g/mol. The van der Waals surface area contributed by atoms with E-state index in [4.69, 9.17) is 4.42 Å². The maximum atomic E-state index is 13.0. The molecule has 2 aromatic heterocycles. The lowest BCUT2D eigenvalue weighted by molar-refractivity contribution is -0.118. The molecule has 0 saturated carbocycles. The van der Waals surface area contributed by atoms with Crippen LogP contribution in [-0.4, -0.2) is 42.2 Å². The molecule has 3 heterocycles. The molecule has 1 amide bonds. The molecule has 0 fully saturated rings. The predicted octanol–water partition coefficient (Wildman–Crippen LogP) is 2.17. The summed E-state index contributed by atoms with van der Waals surface area (Å²) in [6, 6.07) is 8.19. The smallest absolute Gasteiger partial charge is 0.277 e. The standard InChI is InChI=1S/C17H18N6O2S/c1-11-7-13-5-3-4-6-14(13)23(11)16(24)12(2)26-17-21-20-15(25-17)8-22-10-18-9-19-22/h3-6,9-12H,7-8H2,1-2H3. The summed E-state index contributed by atoms with van der Waals surface area (Å²) in [6.07, 6.45) is 3.90. The highest BCUT2D eigenvalue weighted by molar-refractivity contribution is 8.00. The zero-order valence-corrected chi connectivity index (χ0v) is 15.3. The van der Waals surface area contributed by atoms with E-state index in [1.54, 1.807) is 11.0 Å². The van der Waals surface area contributed by atoms with Crippen LogP contribution in [0.5, 0.6) is 0 Å². The van der Waals surface area contributed by atoms with Crippen molar-refractivity contribution in [3.63, 3.8) is 0 Å². The Morgan fingerprint density at radius 3 is 3.04 bits per heavy atom. The fourth-order valence-corrected chi connectivity index (χ4v) is 3.85. The fraction of sp³-hybridized carbons (Fsp3) is 0.353. The van der Waals surface area contributed by atoms with Gasteiger partial charge in [0.2, 0.25) is 11.8 Å². The largest absolute Gasteiger partial charge is 0.414 e. The van der Waals surface area contributed by atoms with Crippen molar-refractivity contribution in [2.45, 2.75) is 43.3 Å². The van der Waals surface area contributed by atoms with Crippen LogP contribution in [0.1, 0.15) is 25.3 Å². The molecule has 26 heavy (non-hydrogen) atoms. The summed E-state index contributed by atoms with van der Waals surface area (Å²) < 4.78 is 7.21. The van der Waals surface area contributed by atoms with Crippen molar-refractivity contribution >= 4 is 23.4 Å². The van der Waals surface area contributed by atoms with E-state index in [-0.39, 0.29) is 17.2 Å². The number of thioether (sulfide) groups is 1. The highest BCUT2D eigenvalue weighted by Gasteiger charge is 2.34. The highest BCUT2D eigenvalue weighted by atomic mass is 32.2. The summed E-state index contributed by atoms with van der Waals surface area (Å²) in [4.78, 5) is 18.7. The SMILES string of the molecule is CC(Sc1nnc(Cn2cncn2)o1)C(=O)N1c2ccccc2CC1C. The number of anilines is 1. The quantitative estimate of drug-likeness (QED) is 0.636. The molecule has 0 bridgehead atoms. The Labute approximate surface area is 154 Å². The summed E-state index contributed by atoms with van der Waals surface area (Å²) in [5.74, 6) is 0.473. The van der Waals surface area contributed by atoms with Crippen molar-refractivity contribution in [2.75, 3.05) is 4.90 Å². The molecule has 1 aromatic carbocycles. The molecule has 9 heteroatoms. The van der Waals surface area contributed by atoms with Crippen LogP contribution in [0.4, 0.5) is 5.69 Å². The van der Waals surface area contributed by atoms with Crippen LogP contribution in [0, 0.1) is 0 Å². The van der Waals surface area contributed by atoms with Gasteiger partial charge in [0.25, 0.3) is 5.22 Å². The molecule has 0 saturated heterocycles. The predicted molar refractivity (Wildman–Crippen MR) is 95.8 cm³/mol. The second-order valence-electron chi connectivity index (χ2n) is 6.20. The molecule has 3 aromatic rings. The van der Waals surface area contributed by atoms with E-state index < -0.39 is 0 Å². The van der Waals surface area contributed by atoms with Crippen molar-refractivity contribution in [2.24, 2.45) is 0 Å². The Morgan fingerprint density at radius 1 is 1.38 bits per heavy atom. The lowest BCUT2D eigenvalue weighted by Gasteiger charge is -2.25. The average molecular weight is 370 g/mol. The van der Waals surface area contributed by atoms with Crippen LogP contribution < -0.4 is 4.90 Å². The third-order valence-corrected chi connectivity index (χ3v) is 5.20. The van der Waals surface area contributed by atoms with Crippen LogP contribution in [0.2, 0.25) is 0 Å². The molecule has 134 valence electrons. The summed E-state index contributed by atoms with van der Waals surface area (Å²) in [5, 5.41) is 12.1. The van der Waals surface area contributed by atoms with Gasteiger partial charge in [0, 0.05) is 11.7 Å². The Kier molecular flexibility index (Phi) is 4.46. The third-order valence-electron chi connectivity index (χ3n) is 4.28. The molecule has 1 aliphatic rings. The first-order valence-electron chi connectivity index (χ1n) is 8.34. The number of carbonyl (C=O) groups excluding carboxylic acids is 1. The van der Waals surface area contributed by atoms with Gasteiger partial charge in [-0.3, -0.25) is 4.79 Å². The van der Waals surface area contributed by atoms with Gasteiger partial charge in [-0.15, -0.1) is 10.2 Å². The second-order valence-corrected chi connectivity index (χ2v) is 7.50. The van der Waals surface area contributed by atoms with Gasteiger partial charge in [0.15, 0.2) is 0 Å². The summed E-state index contributed by atoms with van der Waals surface area (Å²) in [7, 11) is 0. The number of carbonyl (C=O) groups is 1. The van der Waals surface area contributed by atoms with E-state index in [9.17, 15) is 4.79 Å². The number of fused-ring (bicyclic) bond motifs is 1. The molecule has 2 unspecified atom stereocenters. The molecule has 0 aliphatic carbocycles. The molecule has 4 rings (SSSR count). The van der Waals surface area contributed by atoms with Gasteiger partial charge in [0.05, 0.1) is 5.25 Å². The van der Waals surface area contributed by atoms with E-state index in [0.717, 1.165) is 12.1 Å². The fourth-order valence-electron chi connectivity index (χ4n) is 3.10. The average Bonchev–Trinajstić information content (AvgIpc) is 3.35. The Morgan fingerprint density at radius 2 is 2.23 bits per heavy atom. The Hall–Kier alpha value is -2.68. The van der Waals surface area contributed by atoms with Gasteiger partial charge in [-0.1, -0.05) is 30.0 Å². The number of aromatic nitrogens is 5. The first-order valence-corrected chi connectivity index (χ1v) is 9.22. The first kappa shape index (κ1) is 16.8. The maximum Gasteiger partial charge on any atom is 0.277 e. The van der Waals surface area contributed by atoms with Crippen molar-refractivity contribution in [1.82, 2.24) is 25.0 Å². The number of hydrogen-bond acceptors (Lipinski definition) is 7. The van der Waals surface area contributed by atoms with Crippen LogP contribution in [0.3, 0.4) is 0 Å². The maximum absolute atomic E-state index is 13.0. The first-order chi connectivity index (χ1) is 12.6. The van der Waals surface area contributed by atoms with E-state index >= 15 is 0 Å². The van der Waals surface area contributed by atoms with E-state index in [1.165, 1.54) is 23.7 Å². The molecule has 8 nitrogen and oxygen atoms in total. The minimum absolute atomic E-state index is 0.0449. The van der Waals surface area contributed by atoms with E-state index in [2.05, 4.69) is 33.3 Å². The summed E-state index contributed by atoms with van der Waals surface area (Å²) in [6.45, 7) is 4.28. The number of para-hydroxylation sites is 1. The van der Waals surface area contributed by atoms with Crippen molar-refractivity contribution in [3.8, 4) is 0 Å². The summed E-state index contributed by atoms with van der Waals surface area (Å²) >= 11 is 1.27.